The van der Waals surface area contributed by atoms with Gasteiger partial charge in [0, 0.05) is 33.6 Å². The van der Waals surface area contributed by atoms with Crippen LogP contribution in [-0.4, -0.2) is 7.05 Å². The van der Waals surface area contributed by atoms with Crippen molar-refractivity contribution in [1.82, 2.24) is 0 Å². The monoisotopic (exact) mass is 354 g/mol. The number of benzene rings is 4. The second-order valence-corrected chi connectivity index (χ2v) is 7.54. The van der Waals surface area contributed by atoms with Crippen molar-refractivity contribution in [2.45, 2.75) is 9.79 Å². The van der Waals surface area contributed by atoms with Gasteiger partial charge in [-0.3, -0.25) is 0 Å². The molecule has 0 saturated carbocycles. The van der Waals surface area contributed by atoms with E-state index in [0.29, 0.717) is 0 Å². The van der Waals surface area contributed by atoms with Crippen LogP contribution in [0.1, 0.15) is 0 Å². The Morgan fingerprint density at radius 1 is 0.731 bits per heavy atom. The predicted molar refractivity (Wildman–Crippen MR) is 112 cm³/mol. The number of nitrogens with zero attached hydrogens (tertiary/aromatic N) is 1. The second kappa shape index (κ2) is 6.11. The van der Waals surface area contributed by atoms with Crippen LogP contribution in [0.3, 0.4) is 0 Å². The van der Waals surface area contributed by atoms with Crippen molar-refractivity contribution in [1.29, 1.82) is 0 Å². The summed E-state index contributed by atoms with van der Waals surface area (Å²) in [5, 5.41) is 6.10. The van der Waals surface area contributed by atoms with E-state index < -0.39 is 0 Å². The summed E-state index contributed by atoms with van der Waals surface area (Å²) >= 11 is 1.82. The average Bonchev–Trinajstić information content (AvgIpc) is 2.71. The van der Waals surface area contributed by atoms with E-state index in [0.717, 1.165) is 0 Å². The van der Waals surface area contributed by atoms with E-state index in [1.54, 1.807) is 0 Å². The van der Waals surface area contributed by atoms with Gasteiger partial charge in [0.25, 0.3) is 0 Å². The molecule has 4 aromatic carbocycles. The Morgan fingerprint density at radius 2 is 1.50 bits per heavy atom. The topological polar surface area (TPSA) is 15.3 Å². The molecule has 26 heavy (non-hydrogen) atoms. The summed E-state index contributed by atoms with van der Waals surface area (Å²) in [5.41, 5.74) is 4.73. The minimum absolute atomic E-state index is 1.17. The molecule has 0 saturated heterocycles. The second-order valence-electron chi connectivity index (χ2n) is 6.46. The number of para-hydroxylation sites is 1. The first-order valence-electron chi connectivity index (χ1n) is 8.69. The summed E-state index contributed by atoms with van der Waals surface area (Å²) in [5.74, 6) is 0. The molecule has 0 amide bonds. The highest BCUT2D eigenvalue weighted by Crippen LogP contribution is 2.45. The van der Waals surface area contributed by atoms with Crippen molar-refractivity contribution in [3.63, 3.8) is 0 Å². The molecule has 2 nitrogen and oxygen atoms in total. The van der Waals surface area contributed by atoms with Gasteiger partial charge in [0.05, 0.1) is 11.4 Å². The maximum absolute atomic E-state index is 3.58. The normalized spacial score (nSPS) is 12.2. The molecule has 4 aromatic rings. The van der Waals surface area contributed by atoms with Gasteiger partial charge in [0.15, 0.2) is 0 Å². The van der Waals surface area contributed by atoms with Gasteiger partial charge < -0.3 is 10.2 Å². The molecule has 0 spiro atoms. The van der Waals surface area contributed by atoms with Crippen molar-refractivity contribution in [2.75, 3.05) is 17.3 Å². The molecular formula is C23H18N2S. The number of fused-ring (bicyclic) bond motifs is 3. The molecule has 0 radical (unpaired) electrons. The molecule has 0 bridgehead atoms. The fourth-order valence-corrected chi connectivity index (χ4v) is 4.44. The minimum Gasteiger partial charge on any atom is -0.354 e. The number of hydrogen-bond donors (Lipinski definition) is 1. The molecule has 0 aromatic heterocycles. The Bertz CT molecular complexity index is 1110. The number of nitrogens with one attached hydrogen (secondary N) is 1. The van der Waals surface area contributed by atoms with Crippen LogP contribution in [0, 0.1) is 0 Å². The zero-order chi connectivity index (χ0) is 17.5. The highest BCUT2D eigenvalue weighted by Gasteiger charge is 2.17. The Morgan fingerprint density at radius 3 is 2.46 bits per heavy atom. The highest BCUT2D eigenvalue weighted by molar-refractivity contribution is 7.99. The lowest BCUT2D eigenvalue weighted by Crippen LogP contribution is -2.11. The Labute approximate surface area is 157 Å². The molecule has 0 unspecified atom stereocenters. The Hall–Kier alpha value is -2.91. The number of hydrogen-bond acceptors (Lipinski definition) is 3. The van der Waals surface area contributed by atoms with E-state index in [2.05, 4.69) is 102 Å². The van der Waals surface area contributed by atoms with Crippen LogP contribution in [0.2, 0.25) is 0 Å². The summed E-state index contributed by atoms with van der Waals surface area (Å²) in [7, 11) is 2.13. The van der Waals surface area contributed by atoms with Crippen LogP contribution >= 0.6 is 11.8 Å². The van der Waals surface area contributed by atoms with Gasteiger partial charge >= 0.3 is 0 Å². The van der Waals surface area contributed by atoms with Crippen LogP contribution < -0.4 is 10.2 Å². The molecular weight excluding hydrogens is 336 g/mol. The van der Waals surface area contributed by atoms with Gasteiger partial charge in [-0.2, -0.15) is 0 Å². The van der Waals surface area contributed by atoms with E-state index >= 15 is 0 Å². The summed E-state index contributed by atoms with van der Waals surface area (Å²) in [6.45, 7) is 0. The van der Waals surface area contributed by atoms with Crippen LogP contribution in [0.15, 0.2) is 94.7 Å². The summed E-state index contributed by atoms with van der Waals surface area (Å²) < 4.78 is 0. The van der Waals surface area contributed by atoms with Crippen LogP contribution in [0.4, 0.5) is 22.7 Å². The maximum Gasteiger partial charge on any atom is 0.0547 e. The van der Waals surface area contributed by atoms with Crippen molar-refractivity contribution in [2.24, 2.45) is 0 Å². The molecule has 0 fully saturated rings. The summed E-state index contributed by atoms with van der Waals surface area (Å²) in [6, 6.07) is 30.1. The zero-order valence-electron chi connectivity index (χ0n) is 14.4. The van der Waals surface area contributed by atoms with E-state index in [9.17, 15) is 0 Å². The predicted octanol–water partition coefficient (Wildman–Crippen LogP) is 6.82. The fourth-order valence-electron chi connectivity index (χ4n) is 3.48. The van der Waals surface area contributed by atoms with Crippen molar-refractivity contribution in [3.05, 3.63) is 84.9 Å². The molecule has 0 aliphatic carbocycles. The van der Waals surface area contributed by atoms with E-state index in [1.165, 1.54) is 43.3 Å². The summed E-state index contributed by atoms with van der Waals surface area (Å²) in [4.78, 5) is 4.80. The third-order valence-electron chi connectivity index (χ3n) is 4.85. The minimum atomic E-state index is 1.17. The van der Waals surface area contributed by atoms with E-state index in [4.69, 9.17) is 0 Å². The van der Waals surface area contributed by atoms with E-state index in [-0.39, 0.29) is 0 Å². The fraction of sp³-hybridized carbons (Fsp3) is 0.0435. The third kappa shape index (κ3) is 2.52. The van der Waals surface area contributed by atoms with Crippen molar-refractivity contribution >= 4 is 45.3 Å². The first kappa shape index (κ1) is 15.4. The zero-order valence-corrected chi connectivity index (χ0v) is 15.3. The number of anilines is 4. The molecule has 1 N–H and O–H groups in total. The highest BCUT2D eigenvalue weighted by atomic mass is 32.2. The van der Waals surface area contributed by atoms with Crippen LogP contribution in [0.5, 0.6) is 0 Å². The Balaban J connectivity index is 1.55. The lowest BCUT2D eigenvalue weighted by Gasteiger charge is -2.25. The smallest absolute Gasteiger partial charge is 0.0547 e. The number of rotatable bonds is 2. The Kier molecular flexibility index (Phi) is 3.61. The van der Waals surface area contributed by atoms with Gasteiger partial charge in [0.1, 0.15) is 0 Å². The standard InChI is InChI=1S/C23H18N2S/c1-25(21-11-6-8-16-7-2-3-9-18(16)21)17-13-14-23-20(15-17)24-19-10-4-5-12-22(19)26-23/h2-15,24H,1H3. The first-order valence-corrected chi connectivity index (χ1v) is 9.51. The lowest BCUT2D eigenvalue weighted by atomic mass is 10.1. The molecule has 1 aliphatic rings. The largest absolute Gasteiger partial charge is 0.354 e. The first-order chi connectivity index (χ1) is 12.8. The van der Waals surface area contributed by atoms with Crippen LogP contribution in [0.25, 0.3) is 10.8 Å². The molecule has 0 atom stereocenters. The molecule has 1 aliphatic heterocycles. The molecule has 126 valence electrons. The summed E-state index contributed by atoms with van der Waals surface area (Å²) in [6.07, 6.45) is 0. The van der Waals surface area contributed by atoms with Crippen LogP contribution in [-0.2, 0) is 0 Å². The average molecular weight is 354 g/mol. The van der Waals surface area contributed by atoms with Crippen molar-refractivity contribution < 1.29 is 0 Å². The molecule has 3 heteroatoms. The van der Waals surface area contributed by atoms with E-state index in [1.807, 2.05) is 11.8 Å². The molecule has 5 rings (SSSR count). The lowest BCUT2D eigenvalue weighted by molar-refractivity contribution is 1.20. The maximum atomic E-state index is 3.58. The van der Waals surface area contributed by atoms with Gasteiger partial charge in [-0.15, -0.1) is 0 Å². The van der Waals surface area contributed by atoms with Gasteiger partial charge in [-0.1, -0.05) is 60.3 Å². The third-order valence-corrected chi connectivity index (χ3v) is 6.01. The SMILES string of the molecule is CN(c1ccc2c(c1)Nc1ccccc1S2)c1cccc2ccccc12. The van der Waals surface area contributed by atoms with Gasteiger partial charge in [-0.05, 0) is 41.8 Å². The van der Waals surface area contributed by atoms with Gasteiger partial charge in [-0.25, -0.2) is 0 Å². The quantitative estimate of drug-likeness (QED) is 0.374. The van der Waals surface area contributed by atoms with Crippen molar-refractivity contribution in [3.8, 4) is 0 Å². The molecule has 1 heterocycles. The van der Waals surface area contributed by atoms with Gasteiger partial charge in [0.2, 0.25) is 0 Å².